The number of hydrogen-bond acceptors (Lipinski definition) is 2. The molecule has 0 fully saturated rings. The molecule has 3 heteroatoms. The second-order valence-corrected chi connectivity index (χ2v) is 4.09. The average molecular weight is 204 g/mol. The summed E-state index contributed by atoms with van der Waals surface area (Å²) in [6.07, 6.45) is 1.74. The number of aryl methyl sites for hydroxylation is 1. The second-order valence-electron chi connectivity index (χ2n) is 4.09. The van der Waals surface area contributed by atoms with Gasteiger partial charge in [-0.1, -0.05) is 13.8 Å². The SMILES string of the molecule is COc1cc(C)c2[nH]cnc2c1C(C)C. The van der Waals surface area contributed by atoms with Crippen LogP contribution in [-0.2, 0) is 0 Å². The summed E-state index contributed by atoms with van der Waals surface area (Å²) < 4.78 is 5.41. The fourth-order valence-corrected chi connectivity index (χ4v) is 1.99. The molecule has 1 N–H and O–H groups in total. The van der Waals surface area contributed by atoms with Crippen LogP contribution in [0.15, 0.2) is 12.4 Å². The molecule has 0 radical (unpaired) electrons. The van der Waals surface area contributed by atoms with E-state index in [1.165, 1.54) is 11.1 Å². The van der Waals surface area contributed by atoms with Gasteiger partial charge in [-0.15, -0.1) is 0 Å². The summed E-state index contributed by atoms with van der Waals surface area (Å²) in [6, 6.07) is 2.07. The van der Waals surface area contributed by atoms with Gasteiger partial charge >= 0.3 is 0 Å². The maximum atomic E-state index is 5.41. The maximum Gasteiger partial charge on any atom is 0.124 e. The fraction of sp³-hybridized carbons (Fsp3) is 0.417. The summed E-state index contributed by atoms with van der Waals surface area (Å²) in [7, 11) is 1.71. The van der Waals surface area contributed by atoms with Crippen molar-refractivity contribution in [3.05, 3.63) is 23.5 Å². The number of H-pyrrole nitrogens is 1. The van der Waals surface area contributed by atoms with Crippen LogP contribution in [0.1, 0.15) is 30.9 Å². The standard InChI is InChI=1S/C12H16N2O/c1-7(2)10-9(15-4)5-8(3)11-12(10)14-6-13-11/h5-7H,1-4H3,(H,13,14). The van der Waals surface area contributed by atoms with Crippen molar-refractivity contribution in [1.82, 2.24) is 9.97 Å². The zero-order valence-corrected chi connectivity index (χ0v) is 9.59. The predicted molar refractivity (Wildman–Crippen MR) is 61.5 cm³/mol. The molecular weight excluding hydrogens is 188 g/mol. The van der Waals surface area contributed by atoms with Crippen LogP contribution in [0.25, 0.3) is 11.0 Å². The molecule has 2 aromatic rings. The summed E-state index contributed by atoms with van der Waals surface area (Å²) in [5.74, 6) is 1.34. The van der Waals surface area contributed by atoms with Crippen LogP contribution < -0.4 is 4.74 Å². The van der Waals surface area contributed by atoms with E-state index in [-0.39, 0.29) is 0 Å². The summed E-state index contributed by atoms with van der Waals surface area (Å²) in [5.41, 5.74) is 4.49. The molecule has 0 bridgehead atoms. The van der Waals surface area contributed by atoms with Gasteiger partial charge in [0, 0.05) is 5.56 Å². The Kier molecular flexibility index (Phi) is 2.39. The zero-order valence-electron chi connectivity index (χ0n) is 9.59. The first kappa shape index (κ1) is 10.0. The van der Waals surface area contributed by atoms with Crippen LogP contribution in [-0.4, -0.2) is 17.1 Å². The summed E-state index contributed by atoms with van der Waals surface area (Å²) in [5, 5.41) is 0. The molecule has 1 aromatic carbocycles. The molecule has 15 heavy (non-hydrogen) atoms. The number of methoxy groups -OCH3 is 1. The molecule has 2 rings (SSSR count). The van der Waals surface area contributed by atoms with E-state index in [0.717, 1.165) is 16.8 Å². The molecule has 0 aliphatic carbocycles. The van der Waals surface area contributed by atoms with Crippen LogP contribution >= 0.6 is 0 Å². The van der Waals surface area contributed by atoms with Crippen molar-refractivity contribution in [3.8, 4) is 5.75 Å². The molecule has 1 aromatic heterocycles. The van der Waals surface area contributed by atoms with Crippen LogP contribution in [0.5, 0.6) is 5.75 Å². The van der Waals surface area contributed by atoms with Crippen LogP contribution in [0, 0.1) is 6.92 Å². The highest BCUT2D eigenvalue weighted by Crippen LogP contribution is 2.34. The largest absolute Gasteiger partial charge is 0.496 e. The zero-order chi connectivity index (χ0) is 11.0. The third kappa shape index (κ3) is 1.48. The number of imidazole rings is 1. The van der Waals surface area contributed by atoms with Crippen molar-refractivity contribution in [3.63, 3.8) is 0 Å². The van der Waals surface area contributed by atoms with Crippen molar-refractivity contribution in [2.75, 3.05) is 7.11 Å². The summed E-state index contributed by atoms with van der Waals surface area (Å²) in [6.45, 7) is 6.37. The Bertz CT molecular complexity index is 486. The fourth-order valence-electron chi connectivity index (χ4n) is 1.99. The number of benzene rings is 1. The minimum Gasteiger partial charge on any atom is -0.496 e. The van der Waals surface area contributed by atoms with Crippen molar-refractivity contribution in [2.24, 2.45) is 0 Å². The van der Waals surface area contributed by atoms with Crippen molar-refractivity contribution < 1.29 is 4.74 Å². The van der Waals surface area contributed by atoms with Crippen LogP contribution in [0.4, 0.5) is 0 Å². The predicted octanol–water partition coefficient (Wildman–Crippen LogP) is 3.00. The topological polar surface area (TPSA) is 37.9 Å². The normalized spacial score (nSPS) is 11.3. The Balaban J connectivity index is 2.83. The van der Waals surface area contributed by atoms with Gasteiger partial charge in [-0.3, -0.25) is 0 Å². The Morgan fingerprint density at radius 1 is 1.40 bits per heavy atom. The Morgan fingerprint density at radius 3 is 2.73 bits per heavy atom. The van der Waals surface area contributed by atoms with Crippen LogP contribution in [0.2, 0.25) is 0 Å². The first-order chi connectivity index (χ1) is 7.15. The van der Waals surface area contributed by atoms with E-state index in [1.54, 1.807) is 13.4 Å². The lowest BCUT2D eigenvalue weighted by Crippen LogP contribution is -1.97. The maximum absolute atomic E-state index is 5.41. The highest BCUT2D eigenvalue weighted by atomic mass is 16.5. The molecule has 80 valence electrons. The molecule has 0 spiro atoms. The highest BCUT2D eigenvalue weighted by molar-refractivity contribution is 5.84. The molecule has 3 nitrogen and oxygen atoms in total. The smallest absolute Gasteiger partial charge is 0.124 e. The molecule has 0 saturated carbocycles. The molecule has 0 unspecified atom stereocenters. The van der Waals surface area contributed by atoms with E-state index >= 15 is 0 Å². The Morgan fingerprint density at radius 2 is 2.13 bits per heavy atom. The van der Waals surface area contributed by atoms with Gasteiger partial charge in [0.2, 0.25) is 0 Å². The summed E-state index contributed by atoms with van der Waals surface area (Å²) in [4.78, 5) is 7.54. The van der Waals surface area contributed by atoms with Gasteiger partial charge in [0.05, 0.1) is 24.5 Å². The Labute approximate surface area is 89.5 Å². The first-order valence-electron chi connectivity index (χ1n) is 5.15. The molecule has 0 saturated heterocycles. The molecule has 1 heterocycles. The first-order valence-corrected chi connectivity index (χ1v) is 5.15. The van der Waals surface area contributed by atoms with Gasteiger partial charge in [-0.05, 0) is 24.5 Å². The van der Waals surface area contributed by atoms with E-state index in [4.69, 9.17) is 4.74 Å². The van der Waals surface area contributed by atoms with E-state index in [1.807, 2.05) is 0 Å². The minimum absolute atomic E-state index is 0.409. The van der Waals surface area contributed by atoms with Crippen LogP contribution in [0.3, 0.4) is 0 Å². The lowest BCUT2D eigenvalue weighted by Gasteiger charge is -2.13. The number of hydrogen-bond donors (Lipinski definition) is 1. The molecule has 0 aliphatic rings. The van der Waals surface area contributed by atoms with Gasteiger partial charge in [-0.25, -0.2) is 4.98 Å². The van der Waals surface area contributed by atoms with Gasteiger partial charge in [0.25, 0.3) is 0 Å². The van der Waals surface area contributed by atoms with Gasteiger partial charge < -0.3 is 9.72 Å². The van der Waals surface area contributed by atoms with Crippen molar-refractivity contribution in [1.29, 1.82) is 0 Å². The third-order valence-electron chi connectivity index (χ3n) is 2.70. The number of ether oxygens (including phenoxy) is 1. The molecule has 0 aliphatic heterocycles. The molecule has 0 amide bonds. The Hall–Kier alpha value is -1.51. The van der Waals surface area contributed by atoms with E-state index in [9.17, 15) is 0 Å². The van der Waals surface area contributed by atoms with Crippen molar-refractivity contribution >= 4 is 11.0 Å². The summed E-state index contributed by atoms with van der Waals surface area (Å²) >= 11 is 0. The number of rotatable bonds is 2. The van der Waals surface area contributed by atoms with Crippen molar-refractivity contribution in [2.45, 2.75) is 26.7 Å². The number of nitrogens with zero attached hydrogens (tertiary/aromatic N) is 1. The molecular formula is C12H16N2O. The van der Waals surface area contributed by atoms with E-state index in [2.05, 4.69) is 36.8 Å². The lowest BCUT2D eigenvalue weighted by molar-refractivity contribution is 0.408. The quantitative estimate of drug-likeness (QED) is 0.816. The highest BCUT2D eigenvalue weighted by Gasteiger charge is 2.15. The van der Waals surface area contributed by atoms with Gasteiger partial charge in [0.1, 0.15) is 5.75 Å². The lowest BCUT2D eigenvalue weighted by atomic mass is 9.98. The van der Waals surface area contributed by atoms with E-state index < -0.39 is 0 Å². The molecule has 0 atom stereocenters. The second kappa shape index (κ2) is 3.57. The number of fused-ring (bicyclic) bond motifs is 1. The van der Waals surface area contributed by atoms with E-state index in [0.29, 0.717) is 5.92 Å². The minimum atomic E-state index is 0.409. The third-order valence-corrected chi connectivity index (χ3v) is 2.70. The monoisotopic (exact) mass is 204 g/mol. The van der Waals surface area contributed by atoms with Gasteiger partial charge in [-0.2, -0.15) is 0 Å². The number of aromatic amines is 1. The average Bonchev–Trinajstić information content (AvgIpc) is 2.65. The number of aromatic nitrogens is 2. The van der Waals surface area contributed by atoms with Gasteiger partial charge in [0.15, 0.2) is 0 Å². The number of nitrogens with one attached hydrogen (secondary N) is 1.